The minimum absolute atomic E-state index is 0.148. The van der Waals surface area contributed by atoms with Crippen LogP contribution in [0.2, 0.25) is 0 Å². The van der Waals surface area contributed by atoms with E-state index in [-0.39, 0.29) is 11.9 Å². The fourth-order valence-electron chi connectivity index (χ4n) is 1.71. The summed E-state index contributed by atoms with van der Waals surface area (Å²) in [7, 11) is 0. The summed E-state index contributed by atoms with van der Waals surface area (Å²) in [5.41, 5.74) is 2.44. The van der Waals surface area contributed by atoms with E-state index in [1.807, 2.05) is 6.92 Å². The number of rotatable bonds is 5. The predicted molar refractivity (Wildman–Crippen MR) is 67.3 cm³/mol. The summed E-state index contributed by atoms with van der Waals surface area (Å²) in [5, 5.41) is 3.06. The predicted octanol–water partition coefficient (Wildman–Crippen LogP) is 3.36. The first-order chi connectivity index (χ1) is 7.67. The molecule has 0 aliphatic rings. The number of nitrogens with one attached hydrogen (secondary N) is 1. The van der Waals surface area contributed by atoms with Crippen LogP contribution in [0.5, 0.6) is 0 Å². The lowest BCUT2D eigenvalue weighted by atomic mass is 10.0. The molecular weight excluding hydrogens is 198 g/mol. The van der Waals surface area contributed by atoms with Gasteiger partial charge in [0.1, 0.15) is 0 Å². The third-order valence-electron chi connectivity index (χ3n) is 2.70. The average Bonchev–Trinajstić information content (AvgIpc) is 2.27. The van der Waals surface area contributed by atoms with Crippen molar-refractivity contribution in [2.24, 2.45) is 0 Å². The number of amides is 1. The molecular formula is C14H21NO. The third kappa shape index (κ3) is 3.69. The van der Waals surface area contributed by atoms with Crippen LogP contribution in [0.25, 0.3) is 0 Å². The average molecular weight is 219 g/mol. The van der Waals surface area contributed by atoms with Crippen molar-refractivity contribution in [3.8, 4) is 0 Å². The molecule has 0 aliphatic heterocycles. The van der Waals surface area contributed by atoms with Gasteiger partial charge in [-0.25, -0.2) is 0 Å². The molecule has 0 bridgehead atoms. The van der Waals surface area contributed by atoms with Gasteiger partial charge in [0.25, 0.3) is 0 Å². The second kappa shape index (κ2) is 6.31. The van der Waals surface area contributed by atoms with Gasteiger partial charge in [-0.3, -0.25) is 4.79 Å². The van der Waals surface area contributed by atoms with Gasteiger partial charge < -0.3 is 5.32 Å². The monoisotopic (exact) mass is 219 g/mol. The number of hydrogen-bond donors (Lipinski definition) is 1. The highest BCUT2D eigenvalue weighted by Gasteiger charge is 2.11. The summed E-state index contributed by atoms with van der Waals surface area (Å²) in [6, 6.07) is 8.51. The van der Waals surface area contributed by atoms with Crippen LogP contribution in [0.4, 0.5) is 0 Å². The molecule has 1 atom stereocenters. The molecule has 0 heterocycles. The number of carbonyl (C=O) groups excluding carboxylic acids is 1. The number of hydrogen-bond acceptors (Lipinski definition) is 1. The summed E-state index contributed by atoms with van der Waals surface area (Å²) in [4.78, 5) is 11.5. The Bertz CT molecular complexity index is 329. The second-order valence-corrected chi connectivity index (χ2v) is 4.19. The van der Waals surface area contributed by atoms with Crippen LogP contribution in [0.3, 0.4) is 0 Å². The normalized spacial score (nSPS) is 12.2. The lowest BCUT2D eigenvalue weighted by Gasteiger charge is -2.17. The van der Waals surface area contributed by atoms with E-state index in [9.17, 15) is 4.79 Å². The molecule has 2 heteroatoms. The first kappa shape index (κ1) is 12.8. The maximum absolute atomic E-state index is 11.5. The van der Waals surface area contributed by atoms with Crippen LogP contribution in [0, 0.1) is 6.92 Å². The van der Waals surface area contributed by atoms with E-state index >= 15 is 0 Å². The van der Waals surface area contributed by atoms with Gasteiger partial charge in [-0.1, -0.05) is 43.7 Å². The van der Waals surface area contributed by atoms with Crippen molar-refractivity contribution in [1.29, 1.82) is 0 Å². The molecule has 88 valence electrons. The van der Waals surface area contributed by atoms with Crippen molar-refractivity contribution >= 4 is 5.91 Å². The topological polar surface area (TPSA) is 29.1 Å². The molecule has 1 amide bonds. The van der Waals surface area contributed by atoms with Crippen molar-refractivity contribution < 1.29 is 4.79 Å². The molecule has 1 rings (SSSR count). The molecule has 0 spiro atoms. The Labute approximate surface area is 98.1 Å². The molecule has 0 fully saturated rings. The quantitative estimate of drug-likeness (QED) is 0.808. The van der Waals surface area contributed by atoms with Gasteiger partial charge in [0.15, 0.2) is 0 Å². The number of benzene rings is 1. The van der Waals surface area contributed by atoms with Crippen molar-refractivity contribution in [2.45, 2.75) is 46.1 Å². The SMILES string of the molecule is CCCC(=O)N[C@H](CC)c1ccc(C)cc1. The molecule has 0 saturated carbocycles. The highest BCUT2D eigenvalue weighted by molar-refractivity contribution is 5.76. The van der Waals surface area contributed by atoms with Gasteiger partial charge >= 0.3 is 0 Å². The summed E-state index contributed by atoms with van der Waals surface area (Å²) >= 11 is 0. The zero-order valence-electron chi connectivity index (χ0n) is 10.4. The Morgan fingerprint density at radius 2 is 1.88 bits per heavy atom. The standard InChI is InChI=1S/C14H21NO/c1-4-6-14(16)15-13(5-2)12-9-7-11(3)8-10-12/h7-10,13H,4-6H2,1-3H3,(H,15,16)/t13-/m1/s1. The molecule has 1 N–H and O–H groups in total. The van der Waals surface area contributed by atoms with Crippen LogP contribution in [0.1, 0.15) is 50.3 Å². The van der Waals surface area contributed by atoms with Crippen molar-refractivity contribution in [1.82, 2.24) is 5.32 Å². The Kier molecular flexibility index (Phi) is 5.03. The van der Waals surface area contributed by atoms with Crippen LogP contribution >= 0.6 is 0 Å². The van der Waals surface area contributed by atoms with Gasteiger partial charge in [-0.2, -0.15) is 0 Å². The van der Waals surface area contributed by atoms with Crippen molar-refractivity contribution in [3.63, 3.8) is 0 Å². The van der Waals surface area contributed by atoms with E-state index in [4.69, 9.17) is 0 Å². The van der Waals surface area contributed by atoms with E-state index < -0.39 is 0 Å². The van der Waals surface area contributed by atoms with E-state index in [2.05, 4.69) is 43.4 Å². The largest absolute Gasteiger partial charge is 0.349 e. The summed E-state index contributed by atoms with van der Waals surface area (Å²) in [6.45, 7) is 6.18. The highest BCUT2D eigenvalue weighted by Crippen LogP contribution is 2.17. The van der Waals surface area contributed by atoms with E-state index in [1.54, 1.807) is 0 Å². The first-order valence-electron chi connectivity index (χ1n) is 6.03. The first-order valence-corrected chi connectivity index (χ1v) is 6.03. The number of carbonyl (C=O) groups is 1. The van der Waals surface area contributed by atoms with Crippen LogP contribution in [-0.2, 0) is 4.79 Å². The lowest BCUT2D eigenvalue weighted by molar-refractivity contribution is -0.121. The fraction of sp³-hybridized carbons (Fsp3) is 0.500. The fourth-order valence-corrected chi connectivity index (χ4v) is 1.71. The van der Waals surface area contributed by atoms with E-state index in [1.165, 1.54) is 11.1 Å². The highest BCUT2D eigenvalue weighted by atomic mass is 16.1. The van der Waals surface area contributed by atoms with Gasteiger partial charge in [0.2, 0.25) is 5.91 Å². The maximum Gasteiger partial charge on any atom is 0.220 e. The summed E-state index contributed by atoms with van der Waals surface area (Å²) in [5.74, 6) is 0.148. The summed E-state index contributed by atoms with van der Waals surface area (Å²) < 4.78 is 0. The Morgan fingerprint density at radius 3 is 2.38 bits per heavy atom. The molecule has 1 aromatic rings. The van der Waals surface area contributed by atoms with E-state index in [0.717, 1.165) is 12.8 Å². The van der Waals surface area contributed by atoms with Crippen LogP contribution in [-0.4, -0.2) is 5.91 Å². The smallest absolute Gasteiger partial charge is 0.220 e. The van der Waals surface area contributed by atoms with Gasteiger partial charge in [0, 0.05) is 6.42 Å². The van der Waals surface area contributed by atoms with E-state index in [0.29, 0.717) is 6.42 Å². The van der Waals surface area contributed by atoms with Crippen molar-refractivity contribution in [3.05, 3.63) is 35.4 Å². The van der Waals surface area contributed by atoms with Gasteiger partial charge in [-0.15, -0.1) is 0 Å². The second-order valence-electron chi connectivity index (χ2n) is 4.19. The zero-order valence-corrected chi connectivity index (χ0v) is 10.4. The van der Waals surface area contributed by atoms with Gasteiger partial charge in [0.05, 0.1) is 6.04 Å². The van der Waals surface area contributed by atoms with Gasteiger partial charge in [-0.05, 0) is 25.3 Å². The van der Waals surface area contributed by atoms with Crippen LogP contribution < -0.4 is 5.32 Å². The Hall–Kier alpha value is -1.31. The molecule has 0 aliphatic carbocycles. The maximum atomic E-state index is 11.5. The Morgan fingerprint density at radius 1 is 1.25 bits per heavy atom. The molecule has 0 aromatic heterocycles. The van der Waals surface area contributed by atoms with Crippen molar-refractivity contribution in [2.75, 3.05) is 0 Å². The molecule has 0 unspecified atom stereocenters. The minimum atomic E-state index is 0.148. The zero-order chi connectivity index (χ0) is 12.0. The molecule has 0 saturated heterocycles. The molecule has 1 aromatic carbocycles. The third-order valence-corrected chi connectivity index (χ3v) is 2.70. The van der Waals surface area contributed by atoms with Crippen LogP contribution in [0.15, 0.2) is 24.3 Å². The number of aryl methyl sites for hydroxylation is 1. The molecule has 16 heavy (non-hydrogen) atoms. The Balaban J connectivity index is 2.67. The molecule has 2 nitrogen and oxygen atoms in total. The molecule has 0 radical (unpaired) electrons. The summed E-state index contributed by atoms with van der Waals surface area (Å²) in [6.07, 6.45) is 2.44. The minimum Gasteiger partial charge on any atom is -0.349 e. The lowest BCUT2D eigenvalue weighted by Crippen LogP contribution is -2.27.